The number of Topliss-reactive ketones (excluding diaryl/α,β-unsaturated/α-hetero) is 1. The summed E-state index contributed by atoms with van der Waals surface area (Å²) >= 11 is 0. The van der Waals surface area contributed by atoms with E-state index in [4.69, 9.17) is 4.52 Å². The molecule has 0 amide bonds. The molecule has 2 rings (SSSR count). The summed E-state index contributed by atoms with van der Waals surface area (Å²) in [6.45, 7) is 5.97. The molecule has 1 aromatic heterocycles. The Balaban J connectivity index is 2.25. The van der Waals surface area contributed by atoms with Gasteiger partial charge in [0, 0.05) is 17.0 Å². The lowest BCUT2D eigenvalue weighted by Gasteiger charge is -2.20. The summed E-state index contributed by atoms with van der Waals surface area (Å²) in [5, 5.41) is 3.99. The monoisotopic (exact) mass is 257 g/mol. The highest BCUT2D eigenvalue weighted by Crippen LogP contribution is 2.29. The highest BCUT2D eigenvalue weighted by atomic mass is 16.5. The van der Waals surface area contributed by atoms with Gasteiger partial charge in [0.25, 0.3) is 0 Å². The molecular formula is C16H19NO2. The second-order valence-corrected chi connectivity index (χ2v) is 5.41. The van der Waals surface area contributed by atoms with Crippen LogP contribution in [0.4, 0.5) is 0 Å². The van der Waals surface area contributed by atoms with Crippen molar-refractivity contribution in [3.05, 3.63) is 42.2 Å². The molecule has 0 fully saturated rings. The molecule has 1 heterocycles. The van der Waals surface area contributed by atoms with E-state index >= 15 is 0 Å². The van der Waals surface area contributed by atoms with Crippen molar-refractivity contribution in [1.82, 2.24) is 5.16 Å². The number of carbonyl (C=O) groups excluding carboxylic acids is 1. The van der Waals surface area contributed by atoms with Gasteiger partial charge in [-0.05, 0) is 6.42 Å². The predicted molar refractivity (Wildman–Crippen MR) is 75.0 cm³/mol. The molecule has 3 nitrogen and oxygen atoms in total. The average Bonchev–Trinajstić information content (AvgIpc) is 2.88. The first-order chi connectivity index (χ1) is 9.04. The molecule has 0 radical (unpaired) electrons. The fourth-order valence-corrected chi connectivity index (χ4v) is 2.20. The van der Waals surface area contributed by atoms with Crippen LogP contribution in [0.25, 0.3) is 11.3 Å². The van der Waals surface area contributed by atoms with Crippen LogP contribution in [0.2, 0.25) is 0 Å². The first-order valence-electron chi connectivity index (χ1n) is 6.61. The Morgan fingerprint density at radius 2 is 1.95 bits per heavy atom. The Labute approximate surface area is 113 Å². The summed E-state index contributed by atoms with van der Waals surface area (Å²) in [4.78, 5) is 12.4. The van der Waals surface area contributed by atoms with Crippen LogP contribution in [-0.4, -0.2) is 10.9 Å². The van der Waals surface area contributed by atoms with Crippen molar-refractivity contribution in [1.29, 1.82) is 0 Å². The summed E-state index contributed by atoms with van der Waals surface area (Å²) in [5.74, 6) is 0.362. The Morgan fingerprint density at radius 3 is 2.58 bits per heavy atom. The predicted octanol–water partition coefficient (Wildman–Crippen LogP) is 4.35. The second-order valence-electron chi connectivity index (χ2n) is 5.41. The molecular weight excluding hydrogens is 238 g/mol. The fraction of sp³-hybridized carbons (Fsp3) is 0.375. The van der Waals surface area contributed by atoms with Crippen LogP contribution in [0.15, 0.2) is 40.9 Å². The Hall–Kier alpha value is -1.90. The van der Waals surface area contributed by atoms with Gasteiger partial charge >= 0.3 is 0 Å². The third-order valence-electron chi connectivity index (χ3n) is 3.29. The normalized spacial score (nSPS) is 11.5. The van der Waals surface area contributed by atoms with Gasteiger partial charge in [-0.25, -0.2) is 0 Å². The molecule has 19 heavy (non-hydrogen) atoms. The molecule has 0 aliphatic carbocycles. The summed E-state index contributed by atoms with van der Waals surface area (Å²) in [7, 11) is 0. The van der Waals surface area contributed by atoms with E-state index in [-0.39, 0.29) is 5.78 Å². The zero-order chi connectivity index (χ0) is 13.9. The number of hydrogen-bond acceptors (Lipinski definition) is 3. The van der Waals surface area contributed by atoms with Gasteiger partial charge in [-0.3, -0.25) is 4.79 Å². The first kappa shape index (κ1) is 13.5. The number of ketones is 1. The van der Waals surface area contributed by atoms with Gasteiger partial charge in [0.2, 0.25) is 11.5 Å². The Kier molecular flexibility index (Phi) is 3.84. The van der Waals surface area contributed by atoms with Crippen LogP contribution in [0.3, 0.4) is 0 Å². The SMILES string of the molecule is CCCC(C)(C)C(=O)c1cc(-c2ccccc2)no1. The fourth-order valence-electron chi connectivity index (χ4n) is 2.20. The molecule has 3 heteroatoms. The van der Waals surface area contributed by atoms with Crippen LogP contribution in [0.1, 0.15) is 44.2 Å². The van der Waals surface area contributed by atoms with Crippen LogP contribution < -0.4 is 0 Å². The minimum absolute atomic E-state index is 0.0176. The van der Waals surface area contributed by atoms with Gasteiger partial charge in [-0.1, -0.05) is 62.7 Å². The summed E-state index contributed by atoms with van der Waals surface area (Å²) in [6.07, 6.45) is 1.81. The van der Waals surface area contributed by atoms with Crippen molar-refractivity contribution in [3.8, 4) is 11.3 Å². The van der Waals surface area contributed by atoms with Gasteiger partial charge in [-0.15, -0.1) is 0 Å². The highest BCUT2D eigenvalue weighted by Gasteiger charge is 2.30. The minimum Gasteiger partial charge on any atom is -0.352 e. The summed E-state index contributed by atoms with van der Waals surface area (Å²) < 4.78 is 5.21. The number of carbonyl (C=O) groups is 1. The van der Waals surface area contributed by atoms with E-state index < -0.39 is 5.41 Å². The van der Waals surface area contributed by atoms with E-state index in [0.29, 0.717) is 11.5 Å². The number of hydrogen-bond donors (Lipinski definition) is 0. The number of nitrogens with zero attached hydrogens (tertiary/aromatic N) is 1. The van der Waals surface area contributed by atoms with E-state index in [9.17, 15) is 4.79 Å². The summed E-state index contributed by atoms with van der Waals surface area (Å²) in [6, 6.07) is 11.4. The molecule has 0 aliphatic heterocycles. The molecule has 0 saturated carbocycles. The molecule has 1 aromatic carbocycles. The third-order valence-corrected chi connectivity index (χ3v) is 3.29. The standard InChI is InChI=1S/C16H19NO2/c1-4-10-16(2,3)15(18)14-11-13(17-19-14)12-8-6-5-7-9-12/h5-9,11H,4,10H2,1-3H3. The largest absolute Gasteiger partial charge is 0.352 e. The van der Waals surface area contributed by atoms with Crippen molar-refractivity contribution in [2.45, 2.75) is 33.6 Å². The maximum absolute atomic E-state index is 12.4. The number of rotatable bonds is 5. The van der Waals surface area contributed by atoms with Crippen molar-refractivity contribution in [3.63, 3.8) is 0 Å². The molecule has 0 saturated heterocycles. The molecule has 0 atom stereocenters. The van der Waals surface area contributed by atoms with Gasteiger partial charge in [0.15, 0.2) is 0 Å². The quantitative estimate of drug-likeness (QED) is 0.748. The van der Waals surface area contributed by atoms with E-state index in [1.807, 2.05) is 44.2 Å². The van der Waals surface area contributed by atoms with Gasteiger partial charge in [0.1, 0.15) is 5.69 Å². The topological polar surface area (TPSA) is 43.1 Å². The van der Waals surface area contributed by atoms with Crippen LogP contribution in [0, 0.1) is 5.41 Å². The van der Waals surface area contributed by atoms with Gasteiger partial charge in [0.05, 0.1) is 0 Å². The second kappa shape index (κ2) is 5.39. The highest BCUT2D eigenvalue weighted by molar-refractivity contribution is 5.98. The zero-order valence-corrected chi connectivity index (χ0v) is 11.6. The minimum atomic E-state index is -0.401. The van der Waals surface area contributed by atoms with Crippen molar-refractivity contribution >= 4 is 5.78 Å². The van der Waals surface area contributed by atoms with Crippen LogP contribution in [0.5, 0.6) is 0 Å². The van der Waals surface area contributed by atoms with E-state index in [1.54, 1.807) is 6.07 Å². The van der Waals surface area contributed by atoms with Crippen molar-refractivity contribution in [2.24, 2.45) is 5.41 Å². The van der Waals surface area contributed by atoms with Crippen molar-refractivity contribution in [2.75, 3.05) is 0 Å². The lowest BCUT2D eigenvalue weighted by Crippen LogP contribution is -2.23. The average molecular weight is 257 g/mol. The van der Waals surface area contributed by atoms with Gasteiger partial charge in [-0.2, -0.15) is 0 Å². The smallest absolute Gasteiger partial charge is 0.206 e. The van der Waals surface area contributed by atoms with Crippen LogP contribution in [-0.2, 0) is 0 Å². The molecule has 0 aliphatic rings. The zero-order valence-electron chi connectivity index (χ0n) is 11.6. The molecule has 0 bridgehead atoms. The number of aromatic nitrogens is 1. The molecule has 0 N–H and O–H groups in total. The Bertz CT molecular complexity index is 555. The van der Waals surface area contributed by atoms with E-state index in [0.717, 1.165) is 18.4 Å². The summed E-state index contributed by atoms with van der Waals surface area (Å²) in [5.41, 5.74) is 1.26. The van der Waals surface area contributed by atoms with Crippen molar-refractivity contribution < 1.29 is 9.32 Å². The maximum Gasteiger partial charge on any atom is 0.206 e. The molecule has 2 aromatic rings. The lowest BCUT2D eigenvalue weighted by molar-refractivity contribution is 0.0785. The molecule has 0 spiro atoms. The molecule has 0 unspecified atom stereocenters. The van der Waals surface area contributed by atoms with Gasteiger partial charge < -0.3 is 4.52 Å². The van der Waals surface area contributed by atoms with E-state index in [2.05, 4.69) is 12.1 Å². The lowest BCUT2D eigenvalue weighted by atomic mass is 9.82. The first-order valence-corrected chi connectivity index (χ1v) is 6.61. The third kappa shape index (κ3) is 2.92. The maximum atomic E-state index is 12.4. The molecule has 100 valence electrons. The van der Waals surface area contributed by atoms with E-state index in [1.165, 1.54) is 0 Å². The Morgan fingerprint density at radius 1 is 1.26 bits per heavy atom. The number of benzene rings is 1. The van der Waals surface area contributed by atoms with Crippen LogP contribution >= 0.6 is 0 Å².